The van der Waals surface area contributed by atoms with Crippen LogP contribution in [-0.4, -0.2) is 69.7 Å². The van der Waals surface area contributed by atoms with E-state index in [-0.39, 0.29) is 5.91 Å². The molecule has 2 aromatic rings. The average molecular weight is 381 g/mol. The van der Waals surface area contributed by atoms with Crippen molar-refractivity contribution >= 4 is 17.5 Å². The molecule has 28 heavy (non-hydrogen) atoms. The number of piperazine rings is 1. The first-order valence-electron chi connectivity index (χ1n) is 10.0. The molecule has 0 spiro atoms. The molecular weight excluding hydrogens is 354 g/mol. The Kier molecular flexibility index (Phi) is 5.36. The van der Waals surface area contributed by atoms with Crippen molar-refractivity contribution in [1.29, 1.82) is 0 Å². The summed E-state index contributed by atoms with van der Waals surface area (Å²) in [7, 11) is 0. The zero-order valence-electron chi connectivity index (χ0n) is 16.6. The molecule has 2 aliphatic heterocycles. The lowest BCUT2D eigenvalue weighted by Gasteiger charge is -2.36. The molecule has 1 atom stereocenters. The van der Waals surface area contributed by atoms with Crippen LogP contribution < -0.4 is 9.80 Å². The van der Waals surface area contributed by atoms with Crippen LogP contribution in [0.3, 0.4) is 0 Å². The predicted molar refractivity (Wildman–Crippen MR) is 108 cm³/mol. The van der Waals surface area contributed by atoms with Crippen molar-refractivity contribution in [3.8, 4) is 0 Å². The Morgan fingerprint density at radius 3 is 2.36 bits per heavy atom. The van der Waals surface area contributed by atoms with Crippen molar-refractivity contribution in [1.82, 2.24) is 25.1 Å². The van der Waals surface area contributed by atoms with Gasteiger partial charge in [-0.25, -0.2) is 4.98 Å². The summed E-state index contributed by atoms with van der Waals surface area (Å²) in [4.78, 5) is 27.3. The summed E-state index contributed by atoms with van der Waals surface area (Å²) >= 11 is 0. The van der Waals surface area contributed by atoms with Crippen LogP contribution in [0.2, 0.25) is 0 Å². The highest BCUT2D eigenvalue weighted by molar-refractivity contribution is 5.92. The van der Waals surface area contributed by atoms with Crippen molar-refractivity contribution in [2.75, 3.05) is 42.5 Å². The number of amides is 1. The fourth-order valence-corrected chi connectivity index (χ4v) is 3.88. The van der Waals surface area contributed by atoms with Crippen molar-refractivity contribution in [2.24, 2.45) is 0 Å². The normalized spacial score (nSPS) is 20.4. The second-order valence-electron chi connectivity index (χ2n) is 7.61. The molecule has 2 fully saturated rings. The lowest BCUT2D eigenvalue weighted by atomic mass is 10.0. The van der Waals surface area contributed by atoms with Crippen LogP contribution in [0.5, 0.6) is 0 Å². The number of piperidine rings is 1. The number of aryl methyl sites for hydroxylation is 1. The zero-order valence-corrected chi connectivity index (χ0v) is 16.6. The van der Waals surface area contributed by atoms with Gasteiger partial charge < -0.3 is 14.7 Å². The van der Waals surface area contributed by atoms with E-state index in [1.54, 1.807) is 12.4 Å². The van der Waals surface area contributed by atoms with Gasteiger partial charge in [0.05, 0.1) is 11.9 Å². The highest BCUT2D eigenvalue weighted by Crippen LogP contribution is 2.23. The first-order valence-corrected chi connectivity index (χ1v) is 10.0. The largest absolute Gasteiger partial charge is 0.352 e. The van der Waals surface area contributed by atoms with Gasteiger partial charge in [0, 0.05) is 45.0 Å². The Balaban J connectivity index is 1.35. The fourth-order valence-electron chi connectivity index (χ4n) is 3.88. The van der Waals surface area contributed by atoms with Gasteiger partial charge in [0.25, 0.3) is 5.91 Å². The SMILES string of the molecule is Cc1cnc(C(=O)N2CCN(c3ccc(N4CCCCC4C)nn3)CC2)cn1. The summed E-state index contributed by atoms with van der Waals surface area (Å²) < 4.78 is 0. The average Bonchev–Trinajstić information content (AvgIpc) is 2.74. The van der Waals surface area contributed by atoms with Gasteiger partial charge in [-0.05, 0) is 45.2 Å². The molecule has 4 heterocycles. The topological polar surface area (TPSA) is 78.4 Å². The third-order valence-electron chi connectivity index (χ3n) is 5.62. The van der Waals surface area contributed by atoms with Crippen LogP contribution in [0.15, 0.2) is 24.5 Å². The van der Waals surface area contributed by atoms with E-state index in [2.05, 4.69) is 43.0 Å². The highest BCUT2D eigenvalue weighted by atomic mass is 16.2. The van der Waals surface area contributed by atoms with Gasteiger partial charge in [0.1, 0.15) is 5.69 Å². The molecule has 0 saturated carbocycles. The number of carbonyl (C=O) groups excluding carboxylic acids is 1. The predicted octanol–water partition coefficient (Wildman–Crippen LogP) is 1.92. The summed E-state index contributed by atoms with van der Waals surface area (Å²) in [5, 5.41) is 8.93. The van der Waals surface area contributed by atoms with Crippen LogP contribution in [0.4, 0.5) is 11.6 Å². The molecule has 0 radical (unpaired) electrons. The molecule has 8 heteroatoms. The molecule has 4 rings (SSSR count). The van der Waals surface area contributed by atoms with Crippen LogP contribution in [0.25, 0.3) is 0 Å². The van der Waals surface area contributed by atoms with E-state index in [4.69, 9.17) is 0 Å². The summed E-state index contributed by atoms with van der Waals surface area (Å²) in [6.07, 6.45) is 6.90. The number of carbonyl (C=O) groups is 1. The number of hydrogen-bond donors (Lipinski definition) is 0. The Morgan fingerprint density at radius 1 is 0.964 bits per heavy atom. The van der Waals surface area contributed by atoms with Gasteiger partial charge in [-0.1, -0.05) is 0 Å². The van der Waals surface area contributed by atoms with Gasteiger partial charge in [-0.2, -0.15) is 0 Å². The van der Waals surface area contributed by atoms with E-state index in [1.807, 2.05) is 17.9 Å². The number of nitrogens with zero attached hydrogens (tertiary/aromatic N) is 7. The lowest BCUT2D eigenvalue weighted by molar-refractivity contribution is 0.0740. The van der Waals surface area contributed by atoms with E-state index in [0.717, 1.165) is 37.0 Å². The van der Waals surface area contributed by atoms with Crippen LogP contribution in [0.1, 0.15) is 42.4 Å². The lowest BCUT2D eigenvalue weighted by Crippen LogP contribution is -2.49. The minimum Gasteiger partial charge on any atom is -0.352 e. The molecule has 2 aromatic heterocycles. The third kappa shape index (κ3) is 3.90. The van der Waals surface area contributed by atoms with Gasteiger partial charge in [-0.3, -0.25) is 9.78 Å². The monoisotopic (exact) mass is 381 g/mol. The molecule has 1 amide bonds. The quantitative estimate of drug-likeness (QED) is 0.804. The standard InChI is InChI=1S/C20H27N7O/c1-15-13-22-17(14-21-15)20(28)26-11-9-25(10-12-26)18-6-7-19(24-23-18)27-8-4-3-5-16(27)2/h6-7,13-14,16H,3-5,8-12H2,1-2H3. The minimum absolute atomic E-state index is 0.0623. The van der Waals surface area contributed by atoms with Crippen molar-refractivity contribution in [2.45, 2.75) is 39.2 Å². The van der Waals surface area contributed by atoms with Gasteiger partial charge in [0.2, 0.25) is 0 Å². The number of aromatic nitrogens is 4. The summed E-state index contributed by atoms with van der Waals surface area (Å²) in [6.45, 7) is 7.92. The number of rotatable bonds is 3. The smallest absolute Gasteiger partial charge is 0.274 e. The van der Waals surface area contributed by atoms with E-state index in [0.29, 0.717) is 24.8 Å². The molecule has 0 aliphatic carbocycles. The van der Waals surface area contributed by atoms with Crippen LogP contribution >= 0.6 is 0 Å². The third-order valence-corrected chi connectivity index (χ3v) is 5.62. The summed E-state index contributed by atoms with van der Waals surface area (Å²) in [6, 6.07) is 4.64. The summed E-state index contributed by atoms with van der Waals surface area (Å²) in [5.41, 5.74) is 1.21. The maximum atomic E-state index is 12.6. The molecule has 0 bridgehead atoms. The Morgan fingerprint density at radius 2 is 1.71 bits per heavy atom. The Hall–Kier alpha value is -2.77. The van der Waals surface area contributed by atoms with E-state index in [9.17, 15) is 4.79 Å². The molecule has 2 aliphatic rings. The second-order valence-corrected chi connectivity index (χ2v) is 7.61. The second kappa shape index (κ2) is 8.08. The van der Waals surface area contributed by atoms with E-state index in [1.165, 1.54) is 19.3 Å². The molecule has 148 valence electrons. The molecule has 0 aromatic carbocycles. The van der Waals surface area contributed by atoms with E-state index < -0.39 is 0 Å². The highest BCUT2D eigenvalue weighted by Gasteiger charge is 2.25. The zero-order chi connectivity index (χ0) is 19.5. The maximum absolute atomic E-state index is 12.6. The van der Waals surface area contributed by atoms with Gasteiger partial charge in [0.15, 0.2) is 11.6 Å². The first-order chi connectivity index (χ1) is 13.6. The minimum atomic E-state index is -0.0623. The van der Waals surface area contributed by atoms with Crippen molar-refractivity contribution in [3.05, 3.63) is 35.9 Å². The molecule has 8 nitrogen and oxygen atoms in total. The Labute approximate surface area is 165 Å². The van der Waals surface area contributed by atoms with Gasteiger partial charge in [-0.15, -0.1) is 10.2 Å². The number of hydrogen-bond acceptors (Lipinski definition) is 7. The molecule has 0 N–H and O–H groups in total. The Bertz CT molecular complexity index is 800. The van der Waals surface area contributed by atoms with E-state index >= 15 is 0 Å². The number of anilines is 2. The van der Waals surface area contributed by atoms with Crippen LogP contribution in [-0.2, 0) is 0 Å². The summed E-state index contributed by atoms with van der Waals surface area (Å²) in [5.74, 6) is 1.77. The fraction of sp³-hybridized carbons (Fsp3) is 0.550. The molecular formula is C20H27N7O. The molecule has 2 saturated heterocycles. The molecule has 1 unspecified atom stereocenters. The van der Waals surface area contributed by atoms with Gasteiger partial charge >= 0.3 is 0 Å². The first kappa shape index (κ1) is 18.6. The van der Waals surface area contributed by atoms with Crippen molar-refractivity contribution < 1.29 is 4.79 Å². The van der Waals surface area contributed by atoms with Crippen LogP contribution in [0, 0.1) is 6.92 Å². The van der Waals surface area contributed by atoms with Crippen molar-refractivity contribution in [3.63, 3.8) is 0 Å². The maximum Gasteiger partial charge on any atom is 0.274 e.